The number of rotatable bonds is 4. The molecule has 1 aromatic rings. The van der Waals surface area contributed by atoms with Crippen molar-refractivity contribution in [3.8, 4) is 11.5 Å². The predicted molar refractivity (Wildman–Crippen MR) is 93.4 cm³/mol. The number of carbonyl (C=O) groups is 1. The van der Waals surface area contributed by atoms with Gasteiger partial charge in [0, 0.05) is 37.0 Å². The fourth-order valence-corrected chi connectivity index (χ4v) is 4.01. The zero-order valence-electron chi connectivity index (χ0n) is 14.7. The highest BCUT2D eigenvalue weighted by Gasteiger charge is 2.33. The summed E-state index contributed by atoms with van der Waals surface area (Å²) in [5.41, 5.74) is 7.23. The molecule has 1 saturated carbocycles. The third-order valence-electron chi connectivity index (χ3n) is 5.41. The normalized spacial score (nSPS) is 27.1. The molecule has 1 heterocycles. The molecule has 3 atom stereocenters. The first-order valence-corrected chi connectivity index (χ1v) is 8.88. The number of carbonyl (C=O) groups excluding carboxylic acids is 1. The van der Waals surface area contributed by atoms with Gasteiger partial charge < -0.3 is 20.1 Å². The van der Waals surface area contributed by atoms with Gasteiger partial charge >= 0.3 is 0 Å². The molecule has 0 spiro atoms. The van der Waals surface area contributed by atoms with E-state index >= 15 is 0 Å². The van der Waals surface area contributed by atoms with Crippen LogP contribution in [0.2, 0.25) is 0 Å². The predicted octanol–water partition coefficient (Wildman–Crippen LogP) is 2.54. The van der Waals surface area contributed by atoms with E-state index in [1.54, 1.807) is 14.2 Å². The number of benzene rings is 1. The Kier molecular flexibility index (Phi) is 5.29. The summed E-state index contributed by atoms with van der Waals surface area (Å²) in [7, 11) is 3.32. The molecule has 2 aliphatic rings. The Morgan fingerprint density at radius 2 is 1.83 bits per heavy atom. The maximum Gasteiger partial charge on any atom is 0.225 e. The van der Waals surface area contributed by atoms with Crippen molar-refractivity contribution in [3.05, 3.63) is 23.8 Å². The summed E-state index contributed by atoms with van der Waals surface area (Å²) < 4.78 is 10.7. The summed E-state index contributed by atoms with van der Waals surface area (Å²) in [5, 5.41) is 0. The maximum atomic E-state index is 12.8. The smallest absolute Gasteiger partial charge is 0.225 e. The van der Waals surface area contributed by atoms with Gasteiger partial charge in [-0.15, -0.1) is 0 Å². The highest BCUT2D eigenvalue weighted by molar-refractivity contribution is 5.79. The highest BCUT2D eigenvalue weighted by Crippen LogP contribution is 2.34. The number of ether oxygens (including phenoxy) is 2. The molecule has 0 bridgehead atoms. The molecule has 1 aliphatic carbocycles. The van der Waals surface area contributed by atoms with E-state index in [-0.39, 0.29) is 12.0 Å². The van der Waals surface area contributed by atoms with E-state index in [9.17, 15) is 4.79 Å². The van der Waals surface area contributed by atoms with E-state index in [1.165, 1.54) is 5.56 Å². The third kappa shape index (κ3) is 3.66. The summed E-state index contributed by atoms with van der Waals surface area (Å²) >= 11 is 0. The minimum absolute atomic E-state index is 0.118. The lowest BCUT2D eigenvalue weighted by atomic mass is 9.85. The van der Waals surface area contributed by atoms with Crippen LogP contribution < -0.4 is 15.2 Å². The second kappa shape index (κ2) is 7.43. The van der Waals surface area contributed by atoms with Crippen LogP contribution >= 0.6 is 0 Å². The first-order chi connectivity index (χ1) is 11.6. The van der Waals surface area contributed by atoms with Crippen LogP contribution in [0.4, 0.5) is 0 Å². The van der Waals surface area contributed by atoms with Crippen molar-refractivity contribution in [1.29, 1.82) is 0 Å². The molecular formula is C19H28N2O3. The number of amides is 1. The fraction of sp³-hybridized carbons (Fsp3) is 0.632. The van der Waals surface area contributed by atoms with Gasteiger partial charge in [0.2, 0.25) is 5.91 Å². The Hall–Kier alpha value is -1.75. The second-order valence-corrected chi connectivity index (χ2v) is 7.04. The number of nitrogens with zero attached hydrogens (tertiary/aromatic N) is 1. The van der Waals surface area contributed by atoms with Gasteiger partial charge in [-0.3, -0.25) is 4.79 Å². The number of hydrogen-bond donors (Lipinski definition) is 1. The minimum atomic E-state index is 0.118. The van der Waals surface area contributed by atoms with Gasteiger partial charge in [-0.2, -0.15) is 0 Å². The number of likely N-dealkylation sites (tertiary alicyclic amines) is 1. The molecule has 0 aromatic heterocycles. The quantitative estimate of drug-likeness (QED) is 0.920. The van der Waals surface area contributed by atoms with Gasteiger partial charge in [-0.25, -0.2) is 0 Å². The summed E-state index contributed by atoms with van der Waals surface area (Å²) in [6, 6.07) is 6.17. The SMILES string of the molecule is COc1cc(OC)cc([C@@H]2CCN(C(=O)[C@@H]3CCC[C@H](N)C3)C2)c1. The Labute approximate surface area is 144 Å². The van der Waals surface area contributed by atoms with E-state index in [4.69, 9.17) is 15.2 Å². The molecule has 1 aromatic carbocycles. The van der Waals surface area contributed by atoms with Crippen molar-refractivity contribution in [2.75, 3.05) is 27.3 Å². The third-order valence-corrected chi connectivity index (χ3v) is 5.41. The van der Waals surface area contributed by atoms with Crippen LogP contribution in [0.3, 0.4) is 0 Å². The van der Waals surface area contributed by atoms with Crippen LogP contribution in [0, 0.1) is 5.92 Å². The van der Waals surface area contributed by atoms with Crippen molar-refractivity contribution in [2.45, 2.75) is 44.1 Å². The molecular weight excluding hydrogens is 304 g/mol. The lowest BCUT2D eigenvalue weighted by Crippen LogP contribution is -2.39. The Morgan fingerprint density at radius 3 is 2.46 bits per heavy atom. The molecule has 1 saturated heterocycles. The fourth-order valence-electron chi connectivity index (χ4n) is 4.01. The van der Waals surface area contributed by atoms with Gasteiger partial charge in [0.05, 0.1) is 14.2 Å². The van der Waals surface area contributed by atoms with Crippen molar-refractivity contribution in [2.24, 2.45) is 11.7 Å². The maximum absolute atomic E-state index is 12.8. The average Bonchev–Trinajstić information content (AvgIpc) is 3.10. The van der Waals surface area contributed by atoms with Crippen molar-refractivity contribution in [3.63, 3.8) is 0 Å². The van der Waals surface area contributed by atoms with Crippen LogP contribution in [0.5, 0.6) is 11.5 Å². The van der Waals surface area contributed by atoms with Crippen LogP contribution in [-0.4, -0.2) is 44.2 Å². The van der Waals surface area contributed by atoms with E-state index in [2.05, 4.69) is 12.1 Å². The molecule has 0 radical (unpaired) electrons. The topological polar surface area (TPSA) is 64.8 Å². The van der Waals surface area contributed by atoms with Crippen molar-refractivity contribution in [1.82, 2.24) is 4.90 Å². The Balaban J connectivity index is 1.67. The van der Waals surface area contributed by atoms with E-state index in [0.717, 1.165) is 56.7 Å². The second-order valence-electron chi connectivity index (χ2n) is 7.04. The zero-order valence-corrected chi connectivity index (χ0v) is 14.7. The monoisotopic (exact) mass is 332 g/mol. The molecule has 5 heteroatoms. The molecule has 1 amide bonds. The molecule has 5 nitrogen and oxygen atoms in total. The summed E-state index contributed by atoms with van der Waals surface area (Å²) in [6.07, 6.45) is 4.94. The van der Waals surface area contributed by atoms with Crippen molar-refractivity contribution >= 4 is 5.91 Å². The molecule has 2 fully saturated rings. The number of methoxy groups -OCH3 is 2. The number of hydrogen-bond acceptors (Lipinski definition) is 4. The van der Waals surface area contributed by atoms with Crippen LogP contribution in [0.25, 0.3) is 0 Å². The molecule has 3 rings (SSSR count). The lowest BCUT2D eigenvalue weighted by molar-refractivity contribution is -0.135. The average molecular weight is 332 g/mol. The Bertz CT molecular complexity index is 568. The first kappa shape index (κ1) is 17.1. The molecule has 1 aliphatic heterocycles. The van der Waals surface area contributed by atoms with E-state index in [1.807, 2.05) is 11.0 Å². The summed E-state index contributed by atoms with van der Waals surface area (Å²) in [6.45, 7) is 1.61. The lowest BCUT2D eigenvalue weighted by Gasteiger charge is -2.29. The van der Waals surface area contributed by atoms with Crippen LogP contribution in [0.1, 0.15) is 43.6 Å². The zero-order chi connectivity index (χ0) is 17.1. The van der Waals surface area contributed by atoms with Gasteiger partial charge in [-0.1, -0.05) is 6.42 Å². The van der Waals surface area contributed by atoms with Crippen LogP contribution in [-0.2, 0) is 4.79 Å². The largest absolute Gasteiger partial charge is 0.497 e. The van der Waals surface area contributed by atoms with Crippen LogP contribution in [0.15, 0.2) is 18.2 Å². The molecule has 132 valence electrons. The Morgan fingerprint density at radius 1 is 1.12 bits per heavy atom. The molecule has 24 heavy (non-hydrogen) atoms. The van der Waals surface area contributed by atoms with Gasteiger partial charge in [0.15, 0.2) is 0 Å². The number of nitrogens with two attached hydrogens (primary N) is 1. The minimum Gasteiger partial charge on any atom is -0.497 e. The molecule has 2 N–H and O–H groups in total. The first-order valence-electron chi connectivity index (χ1n) is 8.88. The summed E-state index contributed by atoms with van der Waals surface area (Å²) in [5.74, 6) is 2.35. The van der Waals surface area contributed by atoms with Gasteiger partial charge in [0.1, 0.15) is 11.5 Å². The highest BCUT2D eigenvalue weighted by atomic mass is 16.5. The van der Waals surface area contributed by atoms with Gasteiger partial charge in [-0.05, 0) is 43.4 Å². The van der Waals surface area contributed by atoms with Gasteiger partial charge in [0.25, 0.3) is 0 Å². The van der Waals surface area contributed by atoms with E-state index in [0.29, 0.717) is 11.8 Å². The standard InChI is InChI=1S/C19H28N2O3/c1-23-17-9-15(10-18(11-17)24-2)14-6-7-21(12-14)19(22)13-4-3-5-16(20)8-13/h9-11,13-14,16H,3-8,12,20H2,1-2H3/t13-,14-,16+/m1/s1. The van der Waals surface area contributed by atoms with E-state index < -0.39 is 0 Å². The van der Waals surface area contributed by atoms with Crippen molar-refractivity contribution < 1.29 is 14.3 Å². The molecule has 0 unspecified atom stereocenters. The summed E-state index contributed by atoms with van der Waals surface area (Å²) in [4.78, 5) is 14.8.